The molecule has 2 unspecified atom stereocenters. The van der Waals surface area contributed by atoms with E-state index in [0.29, 0.717) is 0 Å². The highest BCUT2D eigenvalue weighted by atomic mass is 14.8. The minimum absolute atomic E-state index is 0.0399. The van der Waals surface area contributed by atoms with Gasteiger partial charge in [0, 0.05) is 5.41 Å². The lowest BCUT2D eigenvalue weighted by Gasteiger charge is -2.75. The third-order valence-corrected chi connectivity index (χ3v) is 12.6. The van der Waals surface area contributed by atoms with Gasteiger partial charge in [-0.05, 0) is 60.2 Å². The van der Waals surface area contributed by atoms with Gasteiger partial charge in [0.15, 0.2) is 0 Å². The van der Waals surface area contributed by atoms with Gasteiger partial charge in [0.25, 0.3) is 0 Å². The second kappa shape index (κ2) is 5.34. The van der Waals surface area contributed by atoms with Gasteiger partial charge < -0.3 is 0 Å². The summed E-state index contributed by atoms with van der Waals surface area (Å²) in [6, 6.07) is 0. The van der Waals surface area contributed by atoms with Crippen molar-refractivity contribution in [2.45, 2.75) is 111 Å². The molecule has 0 saturated heterocycles. The van der Waals surface area contributed by atoms with Crippen molar-refractivity contribution in [1.82, 2.24) is 0 Å². The summed E-state index contributed by atoms with van der Waals surface area (Å²) in [6.45, 7) is 40.3. The maximum Gasteiger partial charge on any atom is 0.0149 e. The first-order valence-corrected chi connectivity index (χ1v) is 11.0. The molecule has 27 heavy (non-hydrogen) atoms. The average molecular weight is 373 g/mol. The van der Waals surface area contributed by atoms with Crippen molar-refractivity contribution >= 4 is 0 Å². The number of fused-ring (bicyclic) bond motifs is 4. The predicted molar refractivity (Wildman–Crippen MR) is 122 cm³/mol. The van der Waals surface area contributed by atoms with Crippen molar-refractivity contribution in [3.05, 3.63) is 22.3 Å². The van der Waals surface area contributed by atoms with Crippen molar-refractivity contribution in [3.63, 3.8) is 0 Å². The van der Waals surface area contributed by atoms with Crippen molar-refractivity contribution in [2.24, 2.45) is 37.9 Å². The Hall–Kier alpha value is -0.520. The highest BCUT2D eigenvalue weighted by Gasteiger charge is 2.72. The molecule has 3 rings (SSSR count). The van der Waals surface area contributed by atoms with Crippen LogP contribution in [0.2, 0.25) is 0 Å². The molecule has 0 nitrogen and oxygen atoms in total. The summed E-state index contributed by atoms with van der Waals surface area (Å²) in [5.74, 6) is 0. The van der Waals surface area contributed by atoms with E-state index in [4.69, 9.17) is 0 Å². The van der Waals surface area contributed by atoms with E-state index < -0.39 is 0 Å². The van der Waals surface area contributed by atoms with E-state index in [0.717, 1.165) is 0 Å². The molecule has 0 fully saturated rings. The van der Waals surface area contributed by atoms with E-state index in [1.807, 2.05) is 0 Å². The Balaban J connectivity index is 3.37. The Labute approximate surface area is 171 Å². The van der Waals surface area contributed by atoms with Crippen LogP contribution in [-0.4, -0.2) is 0 Å². The van der Waals surface area contributed by atoms with Gasteiger partial charge in [-0.25, -0.2) is 0 Å². The highest BCUT2D eigenvalue weighted by Crippen LogP contribution is 2.79. The molecule has 156 valence electrons. The van der Waals surface area contributed by atoms with Crippen molar-refractivity contribution in [1.29, 1.82) is 0 Å². The topological polar surface area (TPSA) is 0 Å². The van der Waals surface area contributed by atoms with Crippen molar-refractivity contribution in [3.8, 4) is 0 Å². The van der Waals surface area contributed by atoms with E-state index >= 15 is 0 Å². The Morgan fingerprint density at radius 2 is 0.667 bits per heavy atom. The van der Waals surface area contributed by atoms with Gasteiger partial charge in [-0.15, -0.1) is 0 Å². The molecule has 0 saturated carbocycles. The van der Waals surface area contributed by atoms with Gasteiger partial charge >= 0.3 is 0 Å². The molecular formula is C27H48. The molecule has 0 heteroatoms. The van der Waals surface area contributed by atoms with E-state index in [9.17, 15) is 0 Å². The summed E-state index contributed by atoms with van der Waals surface area (Å²) in [5, 5.41) is 0. The molecule has 3 aliphatic carbocycles. The first-order chi connectivity index (χ1) is 11.6. The van der Waals surface area contributed by atoms with Crippen LogP contribution in [0, 0.1) is 37.9 Å². The predicted octanol–water partition coefficient (Wildman–Crippen LogP) is 8.83. The number of hydrogen-bond donors (Lipinski definition) is 0. The van der Waals surface area contributed by atoms with Crippen LogP contribution >= 0.6 is 0 Å². The van der Waals surface area contributed by atoms with Crippen molar-refractivity contribution in [2.75, 3.05) is 0 Å². The van der Waals surface area contributed by atoms with Gasteiger partial charge in [-0.1, -0.05) is 105 Å². The first kappa shape index (κ1) is 22.8. The Morgan fingerprint density at radius 1 is 0.370 bits per heavy atom. The molecule has 0 radical (unpaired) electrons. The molecule has 0 N–H and O–H groups in total. The summed E-state index contributed by atoms with van der Waals surface area (Å²) in [5.41, 5.74) is 7.11. The SMILES string of the molecule is C/C1=C(\C)C2(C)/C(C)=C(\C)C(C)(C)C(C)(C1(C)C)C(C)(C)C(C)(C)C2(C)C. The van der Waals surface area contributed by atoms with Crippen LogP contribution in [0.15, 0.2) is 22.3 Å². The molecule has 2 atom stereocenters. The Kier molecular flexibility index (Phi) is 4.50. The molecule has 3 aliphatic rings. The van der Waals surface area contributed by atoms with Crippen LogP contribution in [0.3, 0.4) is 0 Å². The summed E-state index contributed by atoms with van der Waals surface area (Å²) in [7, 11) is 0. The zero-order valence-corrected chi connectivity index (χ0v) is 21.5. The Morgan fingerprint density at radius 3 is 0.963 bits per heavy atom. The maximum atomic E-state index is 2.60. The largest absolute Gasteiger partial charge is 0.0673 e. The second-order valence-electron chi connectivity index (χ2n) is 12.9. The lowest BCUT2D eigenvalue weighted by Crippen LogP contribution is -2.68. The van der Waals surface area contributed by atoms with Crippen LogP contribution in [0.4, 0.5) is 0 Å². The van der Waals surface area contributed by atoms with Crippen LogP contribution in [0.5, 0.6) is 0 Å². The third kappa shape index (κ3) is 1.92. The lowest BCUT2D eigenvalue weighted by molar-refractivity contribution is -0.214. The lowest BCUT2D eigenvalue weighted by atomic mass is 9.29. The van der Waals surface area contributed by atoms with Crippen LogP contribution in [0.25, 0.3) is 0 Å². The normalized spacial score (nSPS) is 44.4. The van der Waals surface area contributed by atoms with Crippen LogP contribution < -0.4 is 0 Å². The third-order valence-electron chi connectivity index (χ3n) is 12.6. The summed E-state index contributed by atoms with van der Waals surface area (Å²) < 4.78 is 0. The maximum absolute atomic E-state index is 2.60. The molecule has 0 spiro atoms. The van der Waals surface area contributed by atoms with Crippen molar-refractivity contribution < 1.29 is 0 Å². The molecular weight excluding hydrogens is 324 g/mol. The van der Waals surface area contributed by atoms with Crippen LogP contribution in [-0.2, 0) is 0 Å². The molecule has 0 amide bonds. The smallest absolute Gasteiger partial charge is 0.0149 e. The fourth-order valence-corrected chi connectivity index (χ4v) is 8.03. The van der Waals surface area contributed by atoms with Gasteiger partial charge in [0.1, 0.15) is 0 Å². The fourth-order valence-electron chi connectivity index (χ4n) is 8.03. The number of hydrogen-bond acceptors (Lipinski definition) is 0. The molecule has 0 aromatic heterocycles. The average Bonchev–Trinajstić information content (AvgIpc) is 2.54. The van der Waals surface area contributed by atoms with E-state index in [1.165, 1.54) is 0 Å². The molecule has 0 heterocycles. The molecule has 0 aromatic carbocycles. The standard InChI is InChI=1S/C27H48/c1-17-19(3)26(15)20(4)18(2)22(7,8)27(16,21(17,5)6)25(13,14)23(9,10)24(26,11)12/h1-16H3/b19-17-,20-18+. The van der Waals surface area contributed by atoms with Gasteiger partial charge in [-0.2, -0.15) is 0 Å². The fraction of sp³-hybridized carbons (Fsp3) is 0.852. The number of allylic oxidation sites excluding steroid dienone is 4. The monoisotopic (exact) mass is 372 g/mol. The van der Waals surface area contributed by atoms with Crippen LogP contribution in [0.1, 0.15) is 111 Å². The first-order valence-electron chi connectivity index (χ1n) is 11.0. The van der Waals surface area contributed by atoms with Gasteiger partial charge in [-0.3, -0.25) is 0 Å². The van der Waals surface area contributed by atoms with E-state index in [2.05, 4.69) is 111 Å². The molecule has 0 aliphatic heterocycles. The number of rotatable bonds is 0. The van der Waals surface area contributed by atoms with E-state index in [1.54, 1.807) is 22.3 Å². The summed E-state index contributed by atoms with van der Waals surface area (Å²) >= 11 is 0. The molecule has 0 aromatic rings. The summed E-state index contributed by atoms with van der Waals surface area (Å²) in [6.07, 6.45) is 0. The molecule has 2 bridgehead atoms. The quantitative estimate of drug-likeness (QED) is 0.372. The van der Waals surface area contributed by atoms with E-state index in [-0.39, 0.29) is 37.9 Å². The second-order valence-corrected chi connectivity index (χ2v) is 12.9. The highest BCUT2D eigenvalue weighted by molar-refractivity contribution is 5.46. The minimum Gasteiger partial charge on any atom is -0.0673 e. The van der Waals surface area contributed by atoms with Gasteiger partial charge in [0.2, 0.25) is 0 Å². The Bertz CT molecular complexity index is 690. The summed E-state index contributed by atoms with van der Waals surface area (Å²) in [4.78, 5) is 0. The van der Waals surface area contributed by atoms with Gasteiger partial charge in [0.05, 0.1) is 0 Å². The minimum atomic E-state index is 0.0399. The zero-order chi connectivity index (χ0) is 21.8. The zero-order valence-electron chi connectivity index (χ0n) is 21.5.